The van der Waals surface area contributed by atoms with E-state index in [1.54, 1.807) is 0 Å². The molecule has 3 aliphatic heterocycles. The van der Waals surface area contributed by atoms with E-state index in [0.717, 1.165) is 43.2 Å². The van der Waals surface area contributed by atoms with Crippen molar-refractivity contribution in [2.75, 3.05) is 91.1 Å². The molecule has 10 N–H and O–H groups in total. The first-order valence-electron chi connectivity index (χ1n) is 25.8. The number of carboxylic acid groups (broad SMARTS) is 1. The molecule has 6 rings (SSSR count). The van der Waals surface area contributed by atoms with Crippen LogP contribution in [0.5, 0.6) is 0 Å². The molecule has 3 heterocycles. The standard InChI is InChI=1S/C51H67N7O19S3/c1-3-58-43-38(57-51(58)65)29-78-39(43)9-4-5-10-40(59)54-19-21-74-23-25-76-27-26-75-24-22-73-20-17-41(60)56-37(50(64)72-2)8-6-7-18-55-48(61)30-11-12-31(34(28-30)49(62)63)42-32-13-15-35(52)46(79(66,67)68)44(32)77-45-33(42)14-16-36(53)47(45)80(69,70)71/h11-16,28,37-39,43,52H,3-10,17-27,29,53H2,1-2H3,(H,54,59)(H,55,61)(H,56,60)(H,57,65)(H,62,63)(H,66,67,68)(H,69,70,71)/t37-,38-,39-,43-/m0/s1. The number of hydrogen-bond donors (Lipinski definition) is 9. The van der Waals surface area contributed by atoms with Crippen LogP contribution in [-0.2, 0) is 58.3 Å². The lowest BCUT2D eigenvalue weighted by Gasteiger charge is -2.26. The number of unbranched alkanes of at least 4 members (excludes halogenated alkanes) is 2. The first-order chi connectivity index (χ1) is 38.2. The van der Waals surface area contributed by atoms with Gasteiger partial charge in [-0.2, -0.15) is 28.6 Å². The van der Waals surface area contributed by atoms with Crippen molar-refractivity contribution in [1.29, 1.82) is 5.41 Å². The number of nitrogens with one attached hydrogen (secondary N) is 5. The van der Waals surface area contributed by atoms with Crippen molar-refractivity contribution in [1.82, 2.24) is 26.2 Å². The number of aromatic carboxylic acids is 1. The van der Waals surface area contributed by atoms with E-state index in [9.17, 15) is 59.8 Å². The molecule has 0 saturated carbocycles. The minimum atomic E-state index is -5.24. The van der Waals surface area contributed by atoms with Crippen molar-refractivity contribution in [2.45, 2.75) is 91.5 Å². The summed E-state index contributed by atoms with van der Waals surface area (Å²) in [5, 5.41) is 29.2. The Hall–Kier alpha value is -6.44. The second kappa shape index (κ2) is 29.3. The van der Waals surface area contributed by atoms with E-state index in [2.05, 4.69) is 21.3 Å². The third-order valence-electron chi connectivity index (χ3n) is 13.2. The summed E-state index contributed by atoms with van der Waals surface area (Å²) < 4.78 is 103. The highest BCUT2D eigenvalue weighted by Crippen LogP contribution is 2.46. The van der Waals surface area contributed by atoms with Crippen molar-refractivity contribution in [3.8, 4) is 22.5 Å². The van der Waals surface area contributed by atoms with Crippen LogP contribution in [0.2, 0.25) is 0 Å². The number of nitrogen functional groups attached to an aromatic ring is 1. The van der Waals surface area contributed by atoms with E-state index in [1.807, 2.05) is 23.6 Å². The molecule has 0 bridgehead atoms. The number of amides is 5. The molecule has 0 aromatic heterocycles. The Morgan fingerprint density at radius 1 is 0.825 bits per heavy atom. The fourth-order valence-electron chi connectivity index (χ4n) is 9.43. The first kappa shape index (κ1) is 62.8. The Balaban J connectivity index is 0.846. The van der Waals surface area contributed by atoms with Gasteiger partial charge in [0, 0.05) is 65.6 Å². The molecule has 26 nitrogen and oxygen atoms in total. The van der Waals surface area contributed by atoms with Crippen molar-refractivity contribution < 1.29 is 87.9 Å². The maximum Gasteiger partial charge on any atom is 0.336 e. The van der Waals surface area contributed by atoms with E-state index in [0.29, 0.717) is 70.6 Å². The lowest BCUT2D eigenvalue weighted by Crippen LogP contribution is -2.42. The summed E-state index contributed by atoms with van der Waals surface area (Å²) in [5.74, 6) is -3.26. The van der Waals surface area contributed by atoms with Gasteiger partial charge in [0.05, 0.1) is 88.7 Å². The zero-order valence-corrected chi connectivity index (χ0v) is 46.6. The van der Waals surface area contributed by atoms with Gasteiger partial charge in [-0.15, -0.1) is 0 Å². The van der Waals surface area contributed by atoms with Crippen molar-refractivity contribution >= 4 is 84.3 Å². The van der Waals surface area contributed by atoms with E-state index in [4.69, 9.17) is 39.2 Å². The average Bonchev–Trinajstić information content (AvgIpc) is 4.01. The van der Waals surface area contributed by atoms with E-state index >= 15 is 0 Å². The number of methoxy groups -OCH3 is 1. The average molecular weight is 1180 g/mol. The largest absolute Gasteiger partial charge is 0.478 e. The molecule has 80 heavy (non-hydrogen) atoms. The number of ether oxygens (including phenoxy) is 5. The normalized spacial score (nSPS) is 16.6. The number of likely N-dealkylation sites (N-methyl/N-ethyl adjacent to an activating group) is 1. The van der Waals surface area contributed by atoms with Gasteiger partial charge in [0.1, 0.15) is 6.04 Å². The third-order valence-corrected chi connectivity index (χ3v) is 16.5. The quantitative estimate of drug-likeness (QED) is 0.00826. The lowest BCUT2D eigenvalue weighted by atomic mass is 9.89. The van der Waals surface area contributed by atoms with Gasteiger partial charge in [-0.3, -0.25) is 28.9 Å². The Morgan fingerprint density at radius 2 is 1.49 bits per heavy atom. The van der Waals surface area contributed by atoms with Gasteiger partial charge in [0.2, 0.25) is 11.8 Å². The molecule has 2 saturated heterocycles. The first-order valence-corrected chi connectivity index (χ1v) is 29.7. The number of fused-ring (bicyclic) bond motifs is 3. The van der Waals surface area contributed by atoms with Gasteiger partial charge in [-0.05, 0) is 81.0 Å². The van der Waals surface area contributed by atoms with Crippen LogP contribution in [0, 0.1) is 5.41 Å². The van der Waals surface area contributed by atoms with E-state index in [1.165, 1.54) is 31.4 Å². The molecule has 438 valence electrons. The van der Waals surface area contributed by atoms with Crippen LogP contribution in [0.3, 0.4) is 0 Å². The summed E-state index contributed by atoms with van der Waals surface area (Å²) >= 11 is 1.90. The summed E-state index contributed by atoms with van der Waals surface area (Å²) in [7, 11) is -9.25. The Kier molecular flexibility index (Phi) is 23.0. The minimum absolute atomic E-state index is 0.0154. The van der Waals surface area contributed by atoms with Gasteiger partial charge >= 0.3 is 18.0 Å². The number of rotatable bonds is 33. The van der Waals surface area contributed by atoms with Crippen molar-refractivity contribution in [2.24, 2.45) is 0 Å². The van der Waals surface area contributed by atoms with E-state index in [-0.39, 0.29) is 90.9 Å². The molecule has 0 unspecified atom stereocenters. The number of esters is 1. The number of carbonyl (C=O) groups is 6. The van der Waals surface area contributed by atoms with Crippen LogP contribution in [0.1, 0.15) is 79.0 Å². The second-order valence-electron chi connectivity index (χ2n) is 18.6. The zero-order valence-electron chi connectivity index (χ0n) is 44.1. The molecule has 4 atom stereocenters. The van der Waals surface area contributed by atoms with Gasteiger partial charge in [-0.1, -0.05) is 12.5 Å². The molecule has 4 aliphatic rings. The Labute approximate surface area is 465 Å². The third kappa shape index (κ3) is 16.6. The van der Waals surface area contributed by atoms with Crippen LogP contribution in [0.15, 0.2) is 56.7 Å². The van der Waals surface area contributed by atoms with Crippen LogP contribution in [-0.4, -0.2) is 180 Å². The smallest absolute Gasteiger partial charge is 0.336 e. The molecular formula is C51H67N7O19S3. The highest BCUT2D eigenvalue weighted by Gasteiger charge is 2.47. The molecule has 0 radical (unpaired) electrons. The number of carboxylic acids is 1. The minimum Gasteiger partial charge on any atom is -0.478 e. The van der Waals surface area contributed by atoms with Gasteiger partial charge in [-0.25, -0.2) is 14.4 Å². The number of carbonyl (C=O) groups excluding carboxylic acids is 5. The Morgan fingerprint density at radius 3 is 2.14 bits per heavy atom. The van der Waals surface area contributed by atoms with Crippen molar-refractivity contribution in [3.63, 3.8) is 0 Å². The highest BCUT2D eigenvalue weighted by atomic mass is 32.2. The van der Waals surface area contributed by atoms with Crippen LogP contribution < -0.4 is 32.4 Å². The molecule has 2 aromatic carbocycles. The number of hydrogen-bond acceptors (Lipinski definition) is 19. The maximum absolute atomic E-state index is 13.3. The molecule has 0 spiro atoms. The van der Waals surface area contributed by atoms with Crippen LogP contribution >= 0.6 is 11.8 Å². The highest BCUT2D eigenvalue weighted by molar-refractivity contribution is 8.00. The summed E-state index contributed by atoms with van der Waals surface area (Å²) in [6, 6.07) is 7.44. The molecule has 5 amide bonds. The number of benzene rings is 3. The fraction of sp³-hybridized carbons (Fsp3) is 0.510. The molecular weight excluding hydrogens is 1110 g/mol. The Bertz CT molecular complexity index is 3140. The summed E-state index contributed by atoms with van der Waals surface area (Å²) in [6.07, 6.45) is 3.87. The number of anilines is 1. The van der Waals surface area contributed by atoms with Gasteiger partial charge in [0.25, 0.3) is 26.1 Å². The number of nitrogens with two attached hydrogens (primary N) is 1. The fourth-order valence-corrected chi connectivity index (χ4v) is 12.5. The summed E-state index contributed by atoms with van der Waals surface area (Å²) in [6.45, 7) is 5.35. The number of urea groups is 1. The van der Waals surface area contributed by atoms with Crippen LogP contribution in [0.25, 0.3) is 33.4 Å². The predicted molar refractivity (Wildman–Crippen MR) is 289 cm³/mol. The predicted octanol–water partition coefficient (Wildman–Crippen LogP) is 3.05. The zero-order chi connectivity index (χ0) is 58.1. The summed E-state index contributed by atoms with van der Waals surface area (Å²) in [5.41, 5.74) is 3.44. The summed E-state index contributed by atoms with van der Waals surface area (Å²) in [4.78, 5) is 75.5. The molecule has 2 fully saturated rings. The SMILES string of the molecule is CCN1C(=O)N[C@H]2CS[C@@H](CCCCC(=O)NCCOCCOCCOCCOCCC(=O)N[C@@H](CCCCNC(=O)c3ccc(-c4c5ccc(=N)c(S(=O)(=O)O)c-5oc5c(S(=O)(=O)O)c(N)ccc45)c(C(=O)O)c3)C(=O)OC)[C@H]21. The number of nitrogens with zero attached hydrogens (tertiary/aromatic N) is 1. The van der Waals surface area contributed by atoms with E-state index < -0.39 is 87.8 Å². The topological polar surface area (TPSA) is 392 Å². The second-order valence-corrected chi connectivity index (χ2v) is 22.6. The number of thioether (sulfide) groups is 1. The molecule has 1 aliphatic carbocycles. The van der Waals surface area contributed by atoms with Crippen molar-refractivity contribution in [3.05, 3.63) is 58.9 Å². The maximum atomic E-state index is 13.3. The molecule has 29 heteroatoms. The molecule has 2 aromatic rings. The van der Waals surface area contributed by atoms with Gasteiger partial charge < -0.3 is 65.1 Å². The van der Waals surface area contributed by atoms with Crippen LogP contribution in [0.4, 0.5) is 10.5 Å². The lowest BCUT2D eigenvalue weighted by molar-refractivity contribution is -0.145. The van der Waals surface area contributed by atoms with Gasteiger partial charge in [0.15, 0.2) is 21.1 Å². The monoisotopic (exact) mass is 1180 g/mol.